The molecule has 0 aliphatic heterocycles. The fourth-order valence-electron chi connectivity index (χ4n) is 10.2. The first-order valence-corrected chi connectivity index (χ1v) is 18.6. The fourth-order valence-corrected chi connectivity index (χ4v) is 10.2. The zero-order valence-electron chi connectivity index (χ0n) is 30.5. The summed E-state index contributed by atoms with van der Waals surface area (Å²) in [5, 5.41) is 26.2. The largest absolute Gasteiger partial charge is 0.307 e. The van der Waals surface area contributed by atoms with E-state index in [0.29, 0.717) is 16.8 Å². The van der Waals surface area contributed by atoms with Gasteiger partial charge in [-0.1, -0.05) is 125 Å². The van der Waals surface area contributed by atoms with Crippen LogP contribution >= 0.6 is 0 Å². The minimum Gasteiger partial charge on any atom is -0.307 e. The molecule has 0 radical (unpaired) electrons. The molecule has 0 bridgehead atoms. The Morgan fingerprint density at radius 3 is 1.46 bits per heavy atom. The van der Waals surface area contributed by atoms with E-state index in [1.54, 1.807) is 0 Å². The molecule has 254 valence electrons. The lowest BCUT2D eigenvalue weighted by atomic mass is 9.82. The van der Waals surface area contributed by atoms with E-state index in [-0.39, 0.29) is 10.8 Å². The Bertz CT molecular complexity index is 3240. The van der Waals surface area contributed by atoms with Crippen LogP contribution in [0.25, 0.3) is 77.2 Å². The molecule has 0 fully saturated rings. The molecule has 2 heterocycles. The van der Waals surface area contributed by atoms with Gasteiger partial charge in [0.15, 0.2) is 0 Å². The molecule has 2 aromatic heterocycles. The summed E-state index contributed by atoms with van der Waals surface area (Å²) in [4.78, 5) is 0. The summed E-state index contributed by atoms with van der Waals surface area (Å²) in [7, 11) is 0. The molecule has 11 rings (SSSR count). The highest BCUT2D eigenvalue weighted by Gasteiger charge is 2.39. The number of aromatic nitrogens is 2. The minimum absolute atomic E-state index is 0.146. The van der Waals surface area contributed by atoms with Crippen molar-refractivity contribution < 1.29 is 0 Å². The van der Waals surface area contributed by atoms with E-state index in [0.717, 1.165) is 43.9 Å². The second-order valence-electron chi connectivity index (χ2n) is 15.9. The summed E-state index contributed by atoms with van der Waals surface area (Å²) in [5.41, 5.74) is 16.4. The molecule has 4 heteroatoms. The number of hydrogen-bond donors (Lipinski definition) is 0. The van der Waals surface area contributed by atoms with Crippen LogP contribution in [0.2, 0.25) is 0 Å². The smallest absolute Gasteiger partial charge is 0.103 e. The highest BCUT2D eigenvalue weighted by molar-refractivity contribution is 6.20. The van der Waals surface area contributed by atoms with Gasteiger partial charge in [0.1, 0.15) is 12.1 Å². The van der Waals surface area contributed by atoms with Gasteiger partial charge < -0.3 is 9.13 Å². The zero-order chi connectivity index (χ0) is 36.7. The standard InChI is InChI=1S/C50H34N4/c1-49(2)35-17-9-5-13-30(35)44-37(49)22-25-41-46(44)32-15-7-11-19-39(32)53(41)43-24-21-29(27-51)34(28-52)48(43)54-40-20-12-8-16-33(40)47-42(54)26-23-38-45(47)31-14-6-10-18-36(31)50(38,3)4/h5-26H,1-4H3. The SMILES string of the molecule is CC1(C)c2ccccc2-c2c1ccc1c2c2ccccc2n1-c1ccc(C#N)c(C#N)c1-n1c2ccccc2c2c3c(ccc21)C(C)(C)c1ccccc1-3. The monoisotopic (exact) mass is 690 g/mol. The average molecular weight is 691 g/mol. The van der Waals surface area contributed by atoms with Crippen LogP contribution in [0.5, 0.6) is 0 Å². The van der Waals surface area contributed by atoms with Crippen LogP contribution in [-0.2, 0) is 10.8 Å². The highest BCUT2D eigenvalue weighted by Crippen LogP contribution is 2.55. The van der Waals surface area contributed by atoms with Crippen molar-refractivity contribution in [1.29, 1.82) is 10.5 Å². The van der Waals surface area contributed by atoms with E-state index in [1.165, 1.54) is 49.9 Å². The van der Waals surface area contributed by atoms with Crippen molar-refractivity contribution in [3.05, 3.63) is 167 Å². The molecule has 2 aliphatic rings. The Morgan fingerprint density at radius 2 is 0.926 bits per heavy atom. The van der Waals surface area contributed by atoms with Crippen molar-refractivity contribution in [1.82, 2.24) is 9.13 Å². The molecule has 54 heavy (non-hydrogen) atoms. The number of fused-ring (bicyclic) bond motifs is 14. The Kier molecular flexibility index (Phi) is 5.90. The lowest BCUT2D eigenvalue weighted by Gasteiger charge is -2.22. The topological polar surface area (TPSA) is 57.4 Å². The van der Waals surface area contributed by atoms with E-state index in [2.05, 4.69) is 170 Å². The number of nitriles is 2. The zero-order valence-corrected chi connectivity index (χ0v) is 30.5. The lowest BCUT2D eigenvalue weighted by molar-refractivity contribution is 0.660. The van der Waals surface area contributed by atoms with Gasteiger partial charge in [0.2, 0.25) is 0 Å². The number of nitrogens with zero attached hydrogens (tertiary/aromatic N) is 4. The van der Waals surface area contributed by atoms with Gasteiger partial charge in [0, 0.05) is 32.4 Å². The molecule has 7 aromatic carbocycles. The van der Waals surface area contributed by atoms with Crippen molar-refractivity contribution >= 4 is 43.6 Å². The van der Waals surface area contributed by atoms with Crippen molar-refractivity contribution in [2.45, 2.75) is 38.5 Å². The van der Waals surface area contributed by atoms with E-state index in [9.17, 15) is 10.5 Å². The third kappa shape index (κ3) is 3.60. The summed E-state index contributed by atoms with van der Waals surface area (Å²) in [6.45, 7) is 9.26. The summed E-state index contributed by atoms with van der Waals surface area (Å²) in [6.07, 6.45) is 0. The maximum Gasteiger partial charge on any atom is 0.103 e. The minimum atomic E-state index is -0.163. The molecule has 0 unspecified atom stereocenters. The second kappa shape index (κ2) is 10.4. The number of rotatable bonds is 2. The van der Waals surface area contributed by atoms with Crippen molar-refractivity contribution in [2.75, 3.05) is 0 Å². The Balaban J connectivity index is 1.32. The molecule has 0 atom stereocenters. The van der Waals surface area contributed by atoms with Crippen LogP contribution in [0.1, 0.15) is 61.1 Å². The lowest BCUT2D eigenvalue weighted by Crippen LogP contribution is -2.14. The van der Waals surface area contributed by atoms with E-state index < -0.39 is 0 Å². The van der Waals surface area contributed by atoms with Gasteiger partial charge in [-0.2, -0.15) is 10.5 Å². The summed E-state index contributed by atoms with van der Waals surface area (Å²) < 4.78 is 4.57. The predicted octanol–water partition coefficient (Wildman–Crippen LogP) is 12.2. The fraction of sp³-hybridized carbons (Fsp3) is 0.120. The van der Waals surface area contributed by atoms with Crippen molar-refractivity contribution in [3.8, 4) is 45.8 Å². The molecule has 0 saturated carbocycles. The number of hydrogen-bond acceptors (Lipinski definition) is 2. The molecule has 2 aliphatic carbocycles. The number of para-hydroxylation sites is 2. The van der Waals surface area contributed by atoms with Crippen molar-refractivity contribution in [3.63, 3.8) is 0 Å². The van der Waals surface area contributed by atoms with E-state index in [4.69, 9.17) is 0 Å². The summed E-state index contributed by atoms with van der Waals surface area (Å²) >= 11 is 0. The predicted molar refractivity (Wildman–Crippen MR) is 220 cm³/mol. The third-order valence-corrected chi connectivity index (χ3v) is 12.6. The van der Waals surface area contributed by atoms with Crippen LogP contribution in [0.4, 0.5) is 0 Å². The first kappa shape index (κ1) is 30.7. The van der Waals surface area contributed by atoms with Crippen LogP contribution in [0.15, 0.2) is 133 Å². The van der Waals surface area contributed by atoms with Crippen LogP contribution < -0.4 is 0 Å². The highest BCUT2D eigenvalue weighted by atomic mass is 15.1. The summed E-state index contributed by atoms with van der Waals surface area (Å²) in [6, 6.07) is 52.5. The normalized spacial score (nSPS) is 14.6. The van der Waals surface area contributed by atoms with Gasteiger partial charge in [-0.25, -0.2) is 0 Å². The van der Waals surface area contributed by atoms with Gasteiger partial charge in [-0.15, -0.1) is 0 Å². The first-order chi connectivity index (χ1) is 26.3. The van der Waals surface area contributed by atoms with Crippen LogP contribution in [-0.4, -0.2) is 9.13 Å². The molecular weight excluding hydrogens is 657 g/mol. The molecular formula is C50H34N4. The molecule has 0 N–H and O–H groups in total. The maximum atomic E-state index is 11.0. The molecule has 9 aromatic rings. The molecule has 0 spiro atoms. The molecule has 0 saturated heterocycles. The van der Waals surface area contributed by atoms with Crippen molar-refractivity contribution in [2.24, 2.45) is 0 Å². The van der Waals surface area contributed by atoms with E-state index in [1.807, 2.05) is 12.1 Å². The van der Waals surface area contributed by atoms with Gasteiger partial charge in [0.05, 0.1) is 44.6 Å². The first-order valence-electron chi connectivity index (χ1n) is 18.6. The van der Waals surface area contributed by atoms with Crippen LogP contribution in [0, 0.1) is 22.7 Å². The second-order valence-corrected chi connectivity index (χ2v) is 15.9. The Labute approximate surface area is 313 Å². The number of benzene rings is 7. The third-order valence-electron chi connectivity index (χ3n) is 12.6. The van der Waals surface area contributed by atoms with Gasteiger partial charge in [0.25, 0.3) is 0 Å². The molecule has 4 nitrogen and oxygen atoms in total. The van der Waals surface area contributed by atoms with E-state index >= 15 is 0 Å². The molecule has 0 amide bonds. The quantitative estimate of drug-likeness (QED) is 0.181. The average Bonchev–Trinajstić information content (AvgIpc) is 3.86. The van der Waals surface area contributed by atoms with Gasteiger partial charge in [-0.05, 0) is 80.9 Å². The van der Waals surface area contributed by atoms with Crippen LogP contribution in [0.3, 0.4) is 0 Å². The van der Waals surface area contributed by atoms with Gasteiger partial charge in [-0.3, -0.25) is 0 Å². The summed E-state index contributed by atoms with van der Waals surface area (Å²) in [5.74, 6) is 0. The Morgan fingerprint density at radius 1 is 0.444 bits per heavy atom. The van der Waals surface area contributed by atoms with Gasteiger partial charge >= 0.3 is 0 Å². The maximum absolute atomic E-state index is 11.0. The Hall–Kier alpha value is -6.88.